The van der Waals surface area contributed by atoms with Crippen LogP contribution in [0.1, 0.15) is 21.5 Å². The standard InChI is InChI=1S/C25H22BrClN2O3/c26-22(18-11-5-2-6-12-18)23(29-24(31)20-13-7-8-14-21(20)27)25(32)28-19(16-30)15-17-9-3-1-4-10-17/h1-14,19,30H,15-16H2,(H,28,32)(H,29,31)/b23-22-/t19-/m0/s1. The maximum absolute atomic E-state index is 13.2. The number of hydrogen-bond donors (Lipinski definition) is 3. The fourth-order valence-electron chi connectivity index (χ4n) is 3.08. The van der Waals surface area contributed by atoms with Gasteiger partial charge in [0.05, 0.1) is 27.7 Å². The van der Waals surface area contributed by atoms with Crippen molar-refractivity contribution in [2.45, 2.75) is 12.5 Å². The number of carbonyl (C=O) groups excluding carboxylic acids is 2. The molecule has 0 radical (unpaired) electrons. The van der Waals surface area contributed by atoms with E-state index in [-0.39, 0.29) is 22.9 Å². The van der Waals surface area contributed by atoms with Crippen LogP contribution >= 0.6 is 27.5 Å². The van der Waals surface area contributed by atoms with Gasteiger partial charge in [-0.15, -0.1) is 0 Å². The second kappa shape index (κ2) is 11.6. The van der Waals surface area contributed by atoms with Crippen LogP contribution in [0.4, 0.5) is 0 Å². The number of hydrogen-bond acceptors (Lipinski definition) is 3. The highest BCUT2D eigenvalue weighted by molar-refractivity contribution is 9.15. The van der Waals surface area contributed by atoms with Gasteiger partial charge in [-0.25, -0.2) is 0 Å². The Hall–Kier alpha value is -2.93. The molecule has 0 saturated carbocycles. The Kier molecular flexibility index (Phi) is 8.62. The zero-order chi connectivity index (χ0) is 22.9. The Morgan fingerprint density at radius 3 is 2.12 bits per heavy atom. The van der Waals surface area contributed by atoms with Crippen molar-refractivity contribution >= 4 is 43.8 Å². The van der Waals surface area contributed by atoms with Crippen molar-refractivity contribution in [1.82, 2.24) is 10.6 Å². The van der Waals surface area contributed by atoms with E-state index in [1.54, 1.807) is 24.3 Å². The van der Waals surface area contributed by atoms with Crippen molar-refractivity contribution in [3.63, 3.8) is 0 Å². The first-order chi connectivity index (χ1) is 15.5. The molecule has 1 atom stereocenters. The van der Waals surface area contributed by atoms with Gasteiger partial charge in [0.25, 0.3) is 11.8 Å². The van der Waals surface area contributed by atoms with Crippen molar-refractivity contribution in [2.75, 3.05) is 6.61 Å². The molecule has 0 saturated heterocycles. The molecule has 3 rings (SSSR count). The largest absolute Gasteiger partial charge is 0.394 e. The van der Waals surface area contributed by atoms with Crippen molar-refractivity contribution in [1.29, 1.82) is 0 Å². The van der Waals surface area contributed by atoms with Crippen LogP contribution in [-0.4, -0.2) is 29.6 Å². The fraction of sp³-hybridized carbons (Fsp3) is 0.120. The molecule has 0 aromatic heterocycles. The van der Waals surface area contributed by atoms with Crippen LogP contribution in [0.25, 0.3) is 4.48 Å². The van der Waals surface area contributed by atoms with Gasteiger partial charge < -0.3 is 15.7 Å². The predicted molar refractivity (Wildman–Crippen MR) is 130 cm³/mol. The SMILES string of the molecule is O=C(N[C@H](CO)Cc1ccccc1)/C(NC(=O)c1ccccc1Cl)=C(/Br)c1ccccc1. The summed E-state index contributed by atoms with van der Waals surface area (Å²) in [6.45, 7) is -0.255. The summed E-state index contributed by atoms with van der Waals surface area (Å²) in [5.74, 6) is -1.05. The Morgan fingerprint density at radius 2 is 1.50 bits per heavy atom. The van der Waals surface area contributed by atoms with Gasteiger partial charge in [0, 0.05) is 0 Å². The quantitative estimate of drug-likeness (QED) is 0.387. The topological polar surface area (TPSA) is 78.4 Å². The van der Waals surface area contributed by atoms with E-state index in [0.717, 1.165) is 5.56 Å². The van der Waals surface area contributed by atoms with Crippen molar-refractivity contribution in [3.8, 4) is 0 Å². The number of nitrogens with one attached hydrogen (secondary N) is 2. The van der Waals surface area contributed by atoms with E-state index >= 15 is 0 Å². The first-order valence-corrected chi connectivity index (χ1v) is 11.1. The molecule has 0 aliphatic heterocycles. The van der Waals surface area contributed by atoms with E-state index in [0.29, 0.717) is 16.5 Å². The van der Waals surface area contributed by atoms with Gasteiger partial charge in [-0.05, 0) is 45.6 Å². The lowest BCUT2D eigenvalue weighted by molar-refractivity contribution is -0.118. The molecule has 5 nitrogen and oxygen atoms in total. The molecule has 0 aliphatic carbocycles. The highest BCUT2D eigenvalue weighted by atomic mass is 79.9. The van der Waals surface area contributed by atoms with Gasteiger partial charge in [-0.1, -0.05) is 84.4 Å². The van der Waals surface area contributed by atoms with Crippen LogP contribution in [-0.2, 0) is 11.2 Å². The third-order valence-corrected chi connectivity index (χ3v) is 5.90. The van der Waals surface area contributed by atoms with E-state index in [1.807, 2.05) is 60.7 Å². The van der Waals surface area contributed by atoms with Crippen LogP contribution in [0.3, 0.4) is 0 Å². The van der Waals surface area contributed by atoms with Gasteiger partial charge in [0.1, 0.15) is 5.70 Å². The third-order valence-electron chi connectivity index (χ3n) is 4.71. The normalized spacial score (nSPS) is 12.5. The molecule has 164 valence electrons. The fourth-order valence-corrected chi connectivity index (χ4v) is 3.85. The first-order valence-electron chi connectivity index (χ1n) is 9.96. The Balaban J connectivity index is 1.88. The van der Waals surface area contributed by atoms with Crippen LogP contribution in [0, 0.1) is 0 Å². The molecule has 3 N–H and O–H groups in total. The average molecular weight is 514 g/mol. The van der Waals surface area contributed by atoms with Gasteiger partial charge >= 0.3 is 0 Å². The summed E-state index contributed by atoms with van der Waals surface area (Å²) in [5, 5.41) is 15.6. The number of aliphatic hydroxyl groups is 1. The highest BCUT2D eigenvalue weighted by Crippen LogP contribution is 2.25. The molecule has 32 heavy (non-hydrogen) atoms. The molecule has 0 fully saturated rings. The summed E-state index contributed by atoms with van der Waals surface area (Å²) in [6, 6.07) is 24.7. The minimum Gasteiger partial charge on any atom is -0.394 e. The van der Waals surface area contributed by atoms with E-state index in [1.165, 1.54) is 0 Å². The Bertz CT molecular complexity index is 1100. The maximum atomic E-state index is 13.2. The molecule has 0 aliphatic rings. The summed E-state index contributed by atoms with van der Waals surface area (Å²) in [4.78, 5) is 26.1. The van der Waals surface area contributed by atoms with Gasteiger partial charge in [0.2, 0.25) is 0 Å². The second-order valence-corrected chi connectivity index (χ2v) is 8.23. The molecule has 2 amide bonds. The highest BCUT2D eigenvalue weighted by Gasteiger charge is 2.22. The van der Waals surface area contributed by atoms with E-state index in [2.05, 4.69) is 26.6 Å². The number of aliphatic hydroxyl groups excluding tert-OH is 1. The van der Waals surface area contributed by atoms with E-state index in [9.17, 15) is 14.7 Å². The summed E-state index contributed by atoms with van der Waals surface area (Å²) in [6.07, 6.45) is 0.442. The molecule has 3 aromatic carbocycles. The van der Waals surface area contributed by atoms with E-state index < -0.39 is 17.9 Å². The van der Waals surface area contributed by atoms with E-state index in [4.69, 9.17) is 11.6 Å². The van der Waals surface area contributed by atoms with Gasteiger partial charge in [-0.2, -0.15) is 0 Å². The predicted octanol–water partition coefficient (Wildman–Crippen LogP) is 4.55. The zero-order valence-electron chi connectivity index (χ0n) is 17.1. The lowest BCUT2D eigenvalue weighted by Crippen LogP contribution is -2.43. The van der Waals surface area contributed by atoms with Crippen LogP contribution in [0.15, 0.2) is 90.6 Å². The average Bonchev–Trinajstić information content (AvgIpc) is 2.83. The van der Waals surface area contributed by atoms with Crippen molar-refractivity contribution < 1.29 is 14.7 Å². The zero-order valence-corrected chi connectivity index (χ0v) is 19.4. The van der Waals surface area contributed by atoms with Crippen molar-refractivity contribution in [3.05, 3.63) is 112 Å². The number of halogens is 2. The molecule has 3 aromatic rings. The molecular formula is C25H22BrClN2O3. The number of amides is 2. The van der Waals surface area contributed by atoms with Crippen LogP contribution < -0.4 is 10.6 Å². The monoisotopic (exact) mass is 512 g/mol. The molecule has 0 unspecified atom stereocenters. The molecule has 7 heteroatoms. The molecule has 0 spiro atoms. The maximum Gasteiger partial charge on any atom is 0.269 e. The number of benzene rings is 3. The molecular weight excluding hydrogens is 492 g/mol. The first kappa shape index (κ1) is 23.7. The summed E-state index contributed by atoms with van der Waals surface area (Å²) in [7, 11) is 0. The third kappa shape index (κ3) is 6.29. The van der Waals surface area contributed by atoms with Gasteiger partial charge in [0.15, 0.2) is 0 Å². The Morgan fingerprint density at radius 1 is 0.906 bits per heavy atom. The van der Waals surface area contributed by atoms with Crippen molar-refractivity contribution in [2.24, 2.45) is 0 Å². The second-order valence-electron chi connectivity index (χ2n) is 7.03. The summed E-state index contributed by atoms with van der Waals surface area (Å²) in [5.41, 5.74) is 1.95. The number of rotatable bonds is 8. The molecule has 0 heterocycles. The van der Waals surface area contributed by atoms with Crippen LogP contribution in [0.5, 0.6) is 0 Å². The minimum absolute atomic E-state index is 0.0210. The molecule has 0 bridgehead atoms. The minimum atomic E-state index is -0.534. The number of carbonyl (C=O) groups is 2. The smallest absolute Gasteiger partial charge is 0.269 e. The lowest BCUT2D eigenvalue weighted by Gasteiger charge is -2.19. The Labute approximate surface area is 200 Å². The summed E-state index contributed by atoms with van der Waals surface area (Å²) >= 11 is 9.61. The lowest BCUT2D eigenvalue weighted by atomic mass is 10.1. The summed E-state index contributed by atoms with van der Waals surface area (Å²) < 4.78 is 0.410. The van der Waals surface area contributed by atoms with Gasteiger partial charge in [-0.3, -0.25) is 9.59 Å². The van der Waals surface area contributed by atoms with Crippen LogP contribution in [0.2, 0.25) is 5.02 Å².